The van der Waals surface area contributed by atoms with E-state index in [1.165, 1.54) is 0 Å². The lowest BCUT2D eigenvalue weighted by molar-refractivity contribution is -0.120. The van der Waals surface area contributed by atoms with E-state index in [2.05, 4.69) is 33.9 Å². The molecule has 1 amide bonds. The molecule has 0 fully saturated rings. The normalized spacial score (nSPS) is 14.4. The van der Waals surface area contributed by atoms with Crippen LogP contribution in [-0.2, 0) is 4.79 Å². The zero-order valence-corrected chi connectivity index (χ0v) is 11.2. The van der Waals surface area contributed by atoms with Crippen molar-refractivity contribution in [2.45, 2.75) is 25.1 Å². The van der Waals surface area contributed by atoms with E-state index >= 15 is 0 Å². The van der Waals surface area contributed by atoms with Crippen molar-refractivity contribution < 1.29 is 4.79 Å². The first kappa shape index (κ1) is 12.6. The highest BCUT2D eigenvalue weighted by Gasteiger charge is 2.12. The fourth-order valence-corrected chi connectivity index (χ4v) is 1.51. The lowest BCUT2D eigenvalue weighted by atomic mass is 10.1. The Kier molecular flexibility index (Phi) is 4.67. The second-order valence-corrected chi connectivity index (χ2v) is 5.15. The Hall–Kier alpha value is -0.480. The molecule has 2 atom stereocenters. The molecule has 0 bridgehead atoms. The molecule has 0 saturated carbocycles. The van der Waals surface area contributed by atoms with E-state index in [1.54, 1.807) is 6.92 Å². The van der Waals surface area contributed by atoms with Gasteiger partial charge in [0.2, 0.25) is 5.91 Å². The predicted octanol–water partition coefficient (Wildman–Crippen LogP) is 2.94. The molecule has 0 heterocycles. The van der Waals surface area contributed by atoms with Crippen LogP contribution < -0.4 is 5.32 Å². The maximum absolute atomic E-state index is 11.4. The molecular formula is C11H14BrNOS. The summed E-state index contributed by atoms with van der Waals surface area (Å²) in [5, 5.41) is 2.61. The summed E-state index contributed by atoms with van der Waals surface area (Å²) < 4.78 is 1.03. The van der Waals surface area contributed by atoms with Gasteiger partial charge in [0.15, 0.2) is 0 Å². The maximum Gasteiger partial charge on any atom is 0.233 e. The quantitative estimate of drug-likeness (QED) is 0.823. The number of rotatable bonds is 3. The van der Waals surface area contributed by atoms with Crippen LogP contribution in [0, 0.1) is 0 Å². The third kappa shape index (κ3) is 3.87. The molecule has 1 aromatic carbocycles. The van der Waals surface area contributed by atoms with Crippen LogP contribution in [0.2, 0.25) is 0 Å². The van der Waals surface area contributed by atoms with Crippen molar-refractivity contribution in [3.05, 3.63) is 34.3 Å². The van der Waals surface area contributed by atoms with Crippen molar-refractivity contribution in [3.8, 4) is 0 Å². The molecule has 0 saturated heterocycles. The number of amides is 1. The first-order valence-corrected chi connectivity index (χ1v) is 6.05. The Morgan fingerprint density at radius 2 is 1.87 bits per heavy atom. The zero-order chi connectivity index (χ0) is 11.4. The van der Waals surface area contributed by atoms with Crippen LogP contribution in [0.3, 0.4) is 0 Å². The second-order valence-electron chi connectivity index (χ2n) is 3.46. The largest absolute Gasteiger partial charge is 0.349 e. The van der Waals surface area contributed by atoms with Gasteiger partial charge in [0.05, 0.1) is 11.3 Å². The Bertz CT molecular complexity index is 337. The Morgan fingerprint density at radius 3 is 2.33 bits per heavy atom. The lowest BCUT2D eigenvalue weighted by Gasteiger charge is -2.15. The summed E-state index contributed by atoms with van der Waals surface area (Å²) in [6, 6.07) is 7.90. The van der Waals surface area contributed by atoms with Crippen LogP contribution in [0.1, 0.15) is 25.5 Å². The predicted molar refractivity (Wildman–Crippen MR) is 69.1 cm³/mol. The van der Waals surface area contributed by atoms with Gasteiger partial charge in [0, 0.05) is 4.47 Å². The van der Waals surface area contributed by atoms with Crippen LogP contribution in [0.25, 0.3) is 0 Å². The minimum absolute atomic E-state index is 0.0141. The molecule has 15 heavy (non-hydrogen) atoms. The number of carbonyl (C=O) groups is 1. The zero-order valence-electron chi connectivity index (χ0n) is 8.70. The highest BCUT2D eigenvalue weighted by molar-refractivity contribution is 9.10. The van der Waals surface area contributed by atoms with Crippen molar-refractivity contribution in [1.29, 1.82) is 0 Å². The third-order valence-corrected chi connectivity index (χ3v) is 2.87. The van der Waals surface area contributed by atoms with Crippen molar-refractivity contribution in [2.24, 2.45) is 0 Å². The van der Waals surface area contributed by atoms with Crippen LogP contribution in [-0.4, -0.2) is 11.2 Å². The monoisotopic (exact) mass is 287 g/mol. The van der Waals surface area contributed by atoms with Crippen LogP contribution in [0.15, 0.2) is 28.7 Å². The van der Waals surface area contributed by atoms with Gasteiger partial charge in [-0.3, -0.25) is 4.79 Å². The molecular weight excluding hydrogens is 274 g/mol. The summed E-state index contributed by atoms with van der Waals surface area (Å²) in [6.45, 7) is 3.71. The fraction of sp³-hybridized carbons (Fsp3) is 0.364. The van der Waals surface area contributed by atoms with Gasteiger partial charge in [-0.15, -0.1) is 0 Å². The fourth-order valence-electron chi connectivity index (χ4n) is 1.17. The molecule has 82 valence electrons. The SMILES string of the molecule is CC(S)C(=O)NC(C)c1ccc(Br)cc1. The van der Waals surface area contributed by atoms with Gasteiger partial charge in [0.1, 0.15) is 0 Å². The molecule has 0 aromatic heterocycles. The van der Waals surface area contributed by atoms with E-state index in [-0.39, 0.29) is 17.2 Å². The molecule has 4 heteroatoms. The molecule has 1 rings (SSSR count). The first-order chi connectivity index (χ1) is 7.00. The smallest absolute Gasteiger partial charge is 0.233 e. The van der Waals surface area contributed by atoms with E-state index in [0.717, 1.165) is 10.0 Å². The highest BCUT2D eigenvalue weighted by Crippen LogP contribution is 2.16. The summed E-state index contributed by atoms with van der Waals surface area (Å²) in [5.74, 6) is -0.0475. The van der Waals surface area contributed by atoms with Crippen molar-refractivity contribution in [3.63, 3.8) is 0 Å². The second kappa shape index (κ2) is 5.56. The number of carbonyl (C=O) groups excluding carboxylic acids is 1. The lowest BCUT2D eigenvalue weighted by Crippen LogP contribution is -2.31. The molecule has 0 aliphatic carbocycles. The Balaban J connectivity index is 2.65. The summed E-state index contributed by atoms with van der Waals surface area (Å²) in [6.07, 6.45) is 0. The number of nitrogens with one attached hydrogen (secondary N) is 1. The Labute approximate surface area is 104 Å². The Morgan fingerprint density at radius 1 is 1.33 bits per heavy atom. The molecule has 2 nitrogen and oxygen atoms in total. The summed E-state index contributed by atoms with van der Waals surface area (Å²) in [5.41, 5.74) is 1.08. The van der Waals surface area contributed by atoms with E-state index in [0.29, 0.717) is 0 Å². The topological polar surface area (TPSA) is 29.1 Å². The molecule has 1 aromatic rings. The van der Waals surface area contributed by atoms with E-state index in [9.17, 15) is 4.79 Å². The van der Waals surface area contributed by atoms with Gasteiger partial charge in [-0.05, 0) is 31.5 Å². The number of benzene rings is 1. The molecule has 0 aliphatic rings. The minimum atomic E-state index is -0.275. The van der Waals surface area contributed by atoms with Gasteiger partial charge in [0.25, 0.3) is 0 Å². The molecule has 0 spiro atoms. The van der Waals surface area contributed by atoms with Gasteiger partial charge in [-0.25, -0.2) is 0 Å². The standard InChI is InChI=1S/C11H14BrNOS/c1-7(13-11(14)8(2)15)9-3-5-10(12)6-4-9/h3-8,15H,1-2H3,(H,13,14). The van der Waals surface area contributed by atoms with Gasteiger partial charge in [-0.2, -0.15) is 12.6 Å². The van der Waals surface area contributed by atoms with Gasteiger partial charge in [-0.1, -0.05) is 28.1 Å². The summed E-state index contributed by atoms with van der Waals surface area (Å²) >= 11 is 7.45. The van der Waals surface area contributed by atoms with E-state index in [1.807, 2.05) is 31.2 Å². The van der Waals surface area contributed by atoms with Gasteiger partial charge < -0.3 is 5.32 Å². The van der Waals surface area contributed by atoms with Crippen molar-refractivity contribution in [1.82, 2.24) is 5.32 Å². The van der Waals surface area contributed by atoms with Crippen LogP contribution in [0.5, 0.6) is 0 Å². The number of halogens is 1. The summed E-state index contributed by atoms with van der Waals surface area (Å²) in [4.78, 5) is 11.4. The highest BCUT2D eigenvalue weighted by atomic mass is 79.9. The van der Waals surface area contributed by atoms with E-state index in [4.69, 9.17) is 0 Å². The number of thiol groups is 1. The third-order valence-electron chi connectivity index (χ3n) is 2.11. The minimum Gasteiger partial charge on any atom is -0.349 e. The maximum atomic E-state index is 11.4. The average molecular weight is 288 g/mol. The summed E-state index contributed by atoms with van der Waals surface area (Å²) in [7, 11) is 0. The average Bonchev–Trinajstić information content (AvgIpc) is 2.18. The molecule has 0 aliphatic heterocycles. The van der Waals surface area contributed by atoms with Crippen molar-refractivity contribution in [2.75, 3.05) is 0 Å². The van der Waals surface area contributed by atoms with Crippen molar-refractivity contribution >= 4 is 34.5 Å². The van der Waals surface area contributed by atoms with Gasteiger partial charge >= 0.3 is 0 Å². The van der Waals surface area contributed by atoms with Crippen LogP contribution >= 0.6 is 28.6 Å². The number of hydrogen-bond acceptors (Lipinski definition) is 2. The number of hydrogen-bond donors (Lipinski definition) is 2. The van der Waals surface area contributed by atoms with Crippen LogP contribution in [0.4, 0.5) is 0 Å². The first-order valence-electron chi connectivity index (χ1n) is 4.74. The molecule has 0 radical (unpaired) electrons. The van der Waals surface area contributed by atoms with E-state index < -0.39 is 0 Å². The molecule has 1 N–H and O–H groups in total. The molecule has 2 unspecified atom stereocenters.